The number of carbonyl (C=O) groups excluding carboxylic acids is 2. The van der Waals surface area contributed by atoms with Crippen molar-refractivity contribution in [2.24, 2.45) is 5.41 Å². The molecular weight excluding hydrogens is 352 g/mol. The van der Waals surface area contributed by atoms with Crippen LogP contribution >= 0.6 is 11.6 Å². The number of benzene rings is 2. The van der Waals surface area contributed by atoms with E-state index in [1.165, 1.54) is 0 Å². The number of hydrogen-bond donors (Lipinski definition) is 2. The van der Waals surface area contributed by atoms with Crippen LogP contribution in [0.2, 0.25) is 5.02 Å². The van der Waals surface area contributed by atoms with E-state index in [1.54, 1.807) is 63.2 Å². The Morgan fingerprint density at radius 1 is 1.00 bits per heavy atom. The highest BCUT2D eigenvalue weighted by Gasteiger charge is 2.27. The molecule has 0 aliphatic carbocycles. The van der Waals surface area contributed by atoms with Gasteiger partial charge >= 0.3 is 0 Å². The van der Waals surface area contributed by atoms with Crippen molar-refractivity contribution in [3.8, 4) is 0 Å². The van der Waals surface area contributed by atoms with Gasteiger partial charge in [-0.25, -0.2) is 0 Å². The number of rotatable bonds is 3. The van der Waals surface area contributed by atoms with Crippen molar-refractivity contribution in [2.45, 2.75) is 20.8 Å². The lowest BCUT2D eigenvalue weighted by atomic mass is 9.95. The molecule has 0 aliphatic heterocycles. The van der Waals surface area contributed by atoms with Gasteiger partial charge in [0, 0.05) is 21.5 Å². The van der Waals surface area contributed by atoms with Crippen LogP contribution in [-0.4, -0.2) is 11.8 Å². The number of fused-ring (bicyclic) bond motifs is 1. The van der Waals surface area contributed by atoms with E-state index in [4.69, 9.17) is 16.0 Å². The van der Waals surface area contributed by atoms with E-state index < -0.39 is 11.3 Å². The second-order valence-corrected chi connectivity index (χ2v) is 7.41. The van der Waals surface area contributed by atoms with Gasteiger partial charge in [0.2, 0.25) is 11.7 Å². The summed E-state index contributed by atoms with van der Waals surface area (Å²) < 4.78 is 5.72. The van der Waals surface area contributed by atoms with Crippen molar-refractivity contribution in [1.82, 2.24) is 0 Å². The van der Waals surface area contributed by atoms with E-state index in [1.807, 2.05) is 6.07 Å². The summed E-state index contributed by atoms with van der Waals surface area (Å²) in [6, 6.07) is 14.0. The Labute approximate surface area is 156 Å². The van der Waals surface area contributed by atoms with Crippen molar-refractivity contribution in [3.05, 3.63) is 59.3 Å². The summed E-state index contributed by atoms with van der Waals surface area (Å²) in [5, 5.41) is 6.75. The first kappa shape index (κ1) is 18.0. The van der Waals surface area contributed by atoms with Crippen LogP contribution in [0.4, 0.5) is 11.4 Å². The molecule has 0 saturated heterocycles. The summed E-state index contributed by atoms with van der Waals surface area (Å²) >= 11 is 5.96. The van der Waals surface area contributed by atoms with Crippen LogP contribution in [0.15, 0.2) is 52.9 Å². The minimum Gasteiger partial charge on any atom is -0.449 e. The molecule has 1 heterocycles. The molecule has 5 nitrogen and oxygen atoms in total. The van der Waals surface area contributed by atoms with Gasteiger partial charge in [-0.2, -0.15) is 0 Å². The van der Waals surface area contributed by atoms with Gasteiger partial charge in [-0.3, -0.25) is 9.59 Å². The number of anilines is 2. The fraction of sp³-hybridized carbons (Fsp3) is 0.200. The number of para-hydroxylation sites is 1. The molecular formula is C20H19ClN2O3. The van der Waals surface area contributed by atoms with Crippen LogP contribution in [0, 0.1) is 5.41 Å². The van der Waals surface area contributed by atoms with E-state index in [2.05, 4.69) is 10.6 Å². The summed E-state index contributed by atoms with van der Waals surface area (Å²) in [7, 11) is 0. The molecule has 2 amide bonds. The Balaban J connectivity index is 2.00. The maximum absolute atomic E-state index is 12.7. The average molecular weight is 371 g/mol. The zero-order valence-electron chi connectivity index (χ0n) is 14.7. The Morgan fingerprint density at radius 2 is 1.73 bits per heavy atom. The normalized spacial score (nSPS) is 11.4. The number of amides is 2. The Morgan fingerprint density at radius 3 is 2.42 bits per heavy atom. The van der Waals surface area contributed by atoms with Crippen LogP contribution < -0.4 is 10.6 Å². The fourth-order valence-electron chi connectivity index (χ4n) is 2.38. The predicted molar refractivity (Wildman–Crippen MR) is 104 cm³/mol. The smallest absolute Gasteiger partial charge is 0.293 e. The summed E-state index contributed by atoms with van der Waals surface area (Å²) in [6.45, 7) is 5.41. The molecule has 0 unspecified atom stereocenters. The highest BCUT2D eigenvalue weighted by molar-refractivity contribution is 6.31. The van der Waals surface area contributed by atoms with Crippen molar-refractivity contribution >= 4 is 45.8 Å². The zero-order valence-corrected chi connectivity index (χ0v) is 15.5. The molecule has 1 aromatic heterocycles. The summed E-state index contributed by atoms with van der Waals surface area (Å²) in [4.78, 5) is 25.2. The number of carbonyl (C=O) groups is 2. The van der Waals surface area contributed by atoms with E-state index in [9.17, 15) is 9.59 Å². The molecule has 0 bridgehead atoms. The second kappa shape index (κ2) is 6.84. The Bertz CT molecular complexity index is 986. The van der Waals surface area contributed by atoms with E-state index >= 15 is 0 Å². The van der Waals surface area contributed by atoms with Gasteiger partial charge < -0.3 is 15.1 Å². The van der Waals surface area contributed by atoms with Crippen LogP contribution in [0.1, 0.15) is 31.3 Å². The number of hydrogen-bond acceptors (Lipinski definition) is 3. The molecule has 26 heavy (non-hydrogen) atoms. The largest absolute Gasteiger partial charge is 0.449 e. The first-order chi connectivity index (χ1) is 12.3. The molecule has 0 saturated carbocycles. The Kier molecular flexibility index (Phi) is 4.74. The molecule has 0 atom stereocenters. The second-order valence-electron chi connectivity index (χ2n) is 6.97. The predicted octanol–water partition coefficient (Wildman–Crippen LogP) is 5.32. The van der Waals surface area contributed by atoms with Gasteiger partial charge in [-0.1, -0.05) is 50.6 Å². The molecule has 0 fully saturated rings. The van der Waals surface area contributed by atoms with Crippen molar-refractivity contribution in [3.63, 3.8) is 0 Å². The number of furan rings is 1. The van der Waals surface area contributed by atoms with E-state index in [0.29, 0.717) is 27.4 Å². The average Bonchev–Trinajstić information content (AvgIpc) is 2.93. The molecule has 2 aromatic carbocycles. The minimum absolute atomic E-state index is 0.0452. The molecule has 3 rings (SSSR count). The molecule has 6 heteroatoms. The lowest BCUT2D eigenvalue weighted by Crippen LogP contribution is -2.28. The summed E-state index contributed by atoms with van der Waals surface area (Å²) in [6.07, 6.45) is 0. The van der Waals surface area contributed by atoms with Gasteiger partial charge in [-0.05, 0) is 30.3 Å². The van der Waals surface area contributed by atoms with Crippen molar-refractivity contribution in [2.75, 3.05) is 10.6 Å². The zero-order chi connectivity index (χ0) is 18.9. The van der Waals surface area contributed by atoms with E-state index in [-0.39, 0.29) is 11.7 Å². The fourth-order valence-corrected chi connectivity index (χ4v) is 2.57. The molecule has 134 valence electrons. The van der Waals surface area contributed by atoms with Crippen LogP contribution in [-0.2, 0) is 4.79 Å². The van der Waals surface area contributed by atoms with E-state index in [0.717, 1.165) is 0 Å². The first-order valence-electron chi connectivity index (χ1n) is 8.15. The van der Waals surface area contributed by atoms with Crippen molar-refractivity contribution in [1.29, 1.82) is 0 Å². The van der Waals surface area contributed by atoms with Gasteiger partial charge in [0.15, 0.2) is 0 Å². The monoisotopic (exact) mass is 370 g/mol. The van der Waals surface area contributed by atoms with Gasteiger partial charge in [0.05, 0.1) is 0 Å². The van der Waals surface area contributed by atoms with Crippen LogP contribution in [0.3, 0.4) is 0 Å². The topological polar surface area (TPSA) is 71.3 Å². The highest BCUT2D eigenvalue weighted by Crippen LogP contribution is 2.33. The summed E-state index contributed by atoms with van der Waals surface area (Å²) in [5.74, 6) is -0.627. The SMILES string of the molecule is CC(C)(C)C(=O)Nc1c(C(=O)Nc2cccc(Cl)c2)oc2ccccc12. The van der Waals surface area contributed by atoms with Gasteiger partial charge in [0.1, 0.15) is 11.3 Å². The lowest BCUT2D eigenvalue weighted by molar-refractivity contribution is -0.123. The maximum atomic E-state index is 12.7. The Hall–Kier alpha value is -2.79. The third-order valence-electron chi connectivity index (χ3n) is 3.80. The van der Waals surface area contributed by atoms with Gasteiger partial charge in [0.25, 0.3) is 5.91 Å². The van der Waals surface area contributed by atoms with Crippen LogP contribution in [0.5, 0.6) is 0 Å². The molecule has 0 radical (unpaired) electrons. The lowest BCUT2D eigenvalue weighted by Gasteiger charge is -2.17. The molecule has 0 aliphatic rings. The number of halogens is 1. The first-order valence-corrected chi connectivity index (χ1v) is 8.53. The third kappa shape index (κ3) is 3.73. The van der Waals surface area contributed by atoms with Gasteiger partial charge in [-0.15, -0.1) is 0 Å². The summed E-state index contributed by atoms with van der Waals surface area (Å²) in [5.41, 5.74) is 0.808. The molecule has 3 aromatic rings. The molecule has 0 spiro atoms. The maximum Gasteiger partial charge on any atom is 0.293 e. The molecule has 2 N–H and O–H groups in total. The quantitative estimate of drug-likeness (QED) is 0.655. The van der Waals surface area contributed by atoms with Crippen molar-refractivity contribution < 1.29 is 14.0 Å². The van der Waals surface area contributed by atoms with Crippen LogP contribution in [0.25, 0.3) is 11.0 Å². The highest BCUT2D eigenvalue weighted by atomic mass is 35.5. The number of nitrogens with one attached hydrogen (secondary N) is 2. The minimum atomic E-state index is -0.612. The standard InChI is InChI=1S/C20H19ClN2O3/c1-20(2,3)19(25)23-16-14-9-4-5-10-15(14)26-17(16)18(24)22-13-8-6-7-12(21)11-13/h4-11H,1-3H3,(H,22,24)(H,23,25). The third-order valence-corrected chi connectivity index (χ3v) is 4.04.